The van der Waals surface area contributed by atoms with Gasteiger partial charge in [-0.25, -0.2) is 14.4 Å². The number of guanidine groups is 1. The molecule has 4 rings (SSSR count). The molecule has 0 aliphatic heterocycles. The molecule has 168 valence electrons. The second-order valence-electron chi connectivity index (χ2n) is 7.90. The summed E-state index contributed by atoms with van der Waals surface area (Å²) in [5, 5.41) is 6.67. The second kappa shape index (κ2) is 9.60. The van der Waals surface area contributed by atoms with Crippen molar-refractivity contribution in [3.63, 3.8) is 0 Å². The number of benzene rings is 2. The molecule has 0 saturated heterocycles. The third-order valence-electron chi connectivity index (χ3n) is 5.14. The van der Waals surface area contributed by atoms with Crippen molar-refractivity contribution in [2.75, 3.05) is 11.9 Å². The minimum absolute atomic E-state index is 0.247. The first kappa shape index (κ1) is 22.1. The van der Waals surface area contributed by atoms with Crippen LogP contribution in [0.5, 0.6) is 0 Å². The van der Waals surface area contributed by atoms with Crippen LogP contribution in [-0.4, -0.2) is 33.4 Å². The summed E-state index contributed by atoms with van der Waals surface area (Å²) in [6, 6.07) is 13.8. The fourth-order valence-electron chi connectivity index (χ4n) is 3.53. The molecule has 0 bridgehead atoms. The number of carbonyl (C=O) groups excluding carboxylic acids is 1. The van der Waals surface area contributed by atoms with Gasteiger partial charge in [0.1, 0.15) is 5.82 Å². The Bertz CT molecular complexity index is 1310. The van der Waals surface area contributed by atoms with Crippen LogP contribution < -0.4 is 10.6 Å². The highest BCUT2D eigenvalue weighted by atomic mass is 19.1. The van der Waals surface area contributed by atoms with Crippen molar-refractivity contribution < 1.29 is 9.18 Å². The third kappa shape index (κ3) is 5.60. The number of aromatic amines is 1. The minimum Gasteiger partial charge on any atom is -0.361 e. The van der Waals surface area contributed by atoms with Gasteiger partial charge in [-0.05, 0) is 69.2 Å². The maximum atomic E-state index is 13.7. The Morgan fingerprint density at radius 2 is 1.76 bits per heavy atom. The minimum atomic E-state index is -0.292. The molecule has 0 radical (unpaired) electrons. The lowest BCUT2D eigenvalue weighted by Gasteiger charge is -2.12. The molecule has 0 aliphatic rings. The molecule has 7 nitrogen and oxygen atoms in total. The van der Waals surface area contributed by atoms with Crippen molar-refractivity contribution in [3.05, 3.63) is 88.6 Å². The number of aryl methyl sites for hydroxylation is 3. The van der Waals surface area contributed by atoms with Gasteiger partial charge in [0, 0.05) is 40.6 Å². The zero-order valence-corrected chi connectivity index (χ0v) is 18.7. The van der Waals surface area contributed by atoms with Crippen LogP contribution in [0.25, 0.3) is 10.9 Å². The fraction of sp³-hybridized carbons (Fsp3) is 0.200. The Hall–Kier alpha value is -4.07. The van der Waals surface area contributed by atoms with Crippen molar-refractivity contribution in [1.29, 1.82) is 0 Å². The van der Waals surface area contributed by atoms with E-state index in [0.717, 1.165) is 33.4 Å². The highest BCUT2D eigenvalue weighted by Crippen LogP contribution is 2.19. The van der Waals surface area contributed by atoms with Crippen LogP contribution in [0.2, 0.25) is 0 Å². The van der Waals surface area contributed by atoms with E-state index in [1.54, 1.807) is 18.2 Å². The summed E-state index contributed by atoms with van der Waals surface area (Å²) < 4.78 is 13.7. The molecule has 8 heteroatoms. The van der Waals surface area contributed by atoms with Crippen LogP contribution >= 0.6 is 0 Å². The number of carbonyl (C=O) groups is 1. The smallest absolute Gasteiger partial charge is 0.257 e. The Morgan fingerprint density at radius 3 is 2.48 bits per heavy atom. The topological polar surface area (TPSA) is 95.1 Å². The molecule has 0 unspecified atom stereocenters. The van der Waals surface area contributed by atoms with Crippen LogP contribution in [0.4, 0.5) is 10.3 Å². The largest absolute Gasteiger partial charge is 0.361 e. The number of anilines is 1. The third-order valence-corrected chi connectivity index (χ3v) is 5.14. The van der Waals surface area contributed by atoms with E-state index < -0.39 is 0 Å². The molecule has 2 aromatic heterocycles. The van der Waals surface area contributed by atoms with Gasteiger partial charge in [-0.2, -0.15) is 0 Å². The first-order chi connectivity index (χ1) is 15.9. The molecule has 2 aromatic carbocycles. The molecule has 0 aliphatic carbocycles. The van der Waals surface area contributed by atoms with Crippen molar-refractivity contribution >= 4 is 28.7 Å². The van der Waals surface area contributed by atoms with E-state index in [4.69, 9.17) is 0 Å². The zero-order valence-electron chi connectivity index (χ0n) is 18.7. The van der Waals surface area contributed by atoms with Crippen molar-refractivity contribution in [3.8, 4) is 0 Å². The molecule has 3 N–H and O–H groups in total. The van der Waals surface area contributed by atoms with Gasteiger partial charge in [0.15, 0.2) is 0 Å². The van der Waals surface area contributed by atoms with E-state index >= 15 is 0 Å². The second-order valence-corrected chi connectivity index (χ2v) is 7.90. The maximum absolute atomic E-state index is 13.7. The number of fused-ring (bicyclic) bond motifs is 1. The number of rotatable bonds is 5. The number of amides is 1. The van der Waals surface area contributed by atoms with Crippen molar-refractivity contribution in [2.24, 2.45) is 4.99 Å². The number of nitrogens with zero attached hydrogens (tertiary/aromatic N) is 3. The molecular weight excluding hydrogens is 419 g/mol. The van der Waals surface area contributed by atoms with Crippen LogP contribution in [-0.2, 0) is 6.42 Å². The standard InChI is InChI=1S/C25H25FN6O/c1-15-4-6-18(7-5-15)23(33)31-24(32-25-29-16(2)12-17(3)30-25)27-11-10-19-14-28-22-9-8-20(26)13-21(19)22/h4-9,12-14,28H,10-11H2,1-3H3,(H2,27,29,30,31,32,33). The lowest BCUT2D eigenvalue weighted by atomic mass is 10.1. The van der Waals surface area contributed by atoms with Crippen LogP contribution in [0, 0.1) is 26.6 Å². The number of hydrogen-bond acceptors (Lipinski definition) is 4. The Balaban J connectivity index is 1.55. The van der Waals surface area contributed by atoms with E-state index in [2.05, 4.69) is 30.6 Å². The van der Waals surface area contributed by atoms with E-state index in [1.807, 2.05) is 45.2 Å². The quantitative estimate of drug-likeness (QED) is 0.313. The van der Waals surface area contributed by atoms with Crippen LogP contribution in [0.3, 0.4) is 0 Å². The zero-order chi connectivity index (χ0) is 23.4. The SMILES string of the molecule is Cc1ccc(C(=O)NC(=NCCc2c[nH]c3ccc(F)cc23)Nc2nc(C)cc(C)n2)cc1. The van der Waals surface area contributed by atoms with Crippen LogP contribution in [0.1, 0.15) is 32.9 Å². The predicted molar refractivity (Wildman–Crippen MR) is 128 cm³/mol. The van der Waals surface area contributed by atoms with Gasteiger partial charge in [-0.3, -0.25) is 20.4 Å². The van der Waals surface area contributed by atoms with Gasteiger partial charge in [-0.1, -0.05) is 17.7 Å². The Labute approximate surface area is 191 Å². The fourth-order valence-corrected chi connectivity index (χ4v) is 3.53. The van der Waals surface area contributed by atoms with Crippen molar-refractivity contribution in [2.45, 2.75) is 27.2 Å². The van der Waals surface area contributed by atoms with Gasteiger partial charge in [-0.15, -0.1) is 0 Å². The highest BCUT2D eigenvalue weighted by molar-refractivity contribution is 6.09. The molecule has 0 saturated carbocycles. The highest BCUT2D eigenvalue weighted by Gasteiger charge is 2.12. The van der Waals surface area contributed by atoms with E-state index in [0.29, 0.717) is 24.5 Å². The first-order valence-corrected chi connectivity index (χ1v) is 10.6. The summed E-state index contributed by atoms with van der Waals surface area (Å²) in [6.07, 6.45) is 2.41. The average Bonchev–Trinajstić information content (AvgIpc) is 3.15. The lowest BCUT2D eigenvalue weighted by molar-refractivity contribution is 0.0977. The average molecular weight is 445 g/mol. The molecule has 2 heterocycles. The molecular formula is C25H25FN6O. The number of hydrogen-bond donors (Lipinski definition) is 3. The maximum Gasteiger partial charge on any atom is 0.257 e. The van der Waals surface area contributed by atoms with Gasteiger partial charge in [0.05, 0.1) is 0 Å². The van der Waals surface area contributed by atoms with E-state index in [-0.39, 0.29) is 17.7 Å². The number of H-pyrrole nitrogens is 1. The normalized spacial score (nSPS) is 11.6. The summed E-state index contributed by atoms with van der Waals surface area (Å²) in [7, 11) is 0. The van der Waals surface area contributed by atoms with Crippen LogP contribution in [0.15, 0.2) is 59.7 Å². The van der Waals surface area contributed by atoms with Gasteiger partial charge in [0.25, 0.3) is 5.91 Å². The number of aliphatic imine (C=N–C) groups is 1. The van der Waals surface area contributed by atoms with E-state index in [1.165, 1.54) is 12.1 Å². The Kier molecular flexibility index (Phi) is 6.44. The molecule has 0 atom stereocenters. The summed E-state index contributed by atoms with van der Waals surface area (Å²) in [5.41, 5.74) is 5.00. The molecule has 33 heavy (non-hydrogen) atoms. The molecule has 1 amide bonds. The summed E-state index contributed by atoms with van der Waals surface area (Å²) in [6.45, 7) is 6.07. The monoisotopic (exact) mass is 444 g/mol. The lowest BCUT2D eigenvalue weighted by Crippen LogP contribution is -2.37. The van der Waals surface area contributed by atoms with Gasteiger partial charge < -0.3 is 4.98 Å². The number of nitrogens with one attached hydrogen (secondary N) is 3. The first-order valence-electron chi connectivity index (χ1n) is 10.6. The van der Waals surface area contributed by atoms with Gasteiger partial charge >= 0.3 is 0 Å². The molecule has 0 fully saturated rings. The summed E-state index contributed by atoms with van der Waals surface area (Å²) >= 11 is 0. The van der Waals surface area contributed by atoms with Gasteiger partial charge in [0.2, 0.25) is 11.9 Å². The van der Waals surface area contributed by atoms with E-state index in [9.17, 15) is 9.18 Å². The molecule has 4 aromatic rings. The number of aromatic nitrogens is 3. The van der Waals surface area contributed by atoms with Crippen molar-refractivity contribution in [1.82, 2.24) is 20.3 Å². The predicted octanol–water partition coefficient (Wildman–Crippen LogP) is 4.46. The summed E-state index contributed by atoms with van der Waals surface area (Å²) in [5.74, 6) is 0.0209. The summed E-state index contributed by atoms with van der Waals surface area (Å²) in [4.78, 5) is 29.2. The number of halogens is 1. The Morgan fingerprint density at radius 1 is 1.03 bits per heavy atom. The molecule has 0 spiro atoms.